The minimum Gasteiger partial charge on any atom is -0.481 e. The number of carboxylic acid groups (broad SMARTS) is 1. The first kappa shape index (κ1) is 23.7. The van der Waals surface area contributed by atoms with Crippen LogP contribution in [0.5, 0.6) is 0 Å². The van der Waals surface area contributed by atoms with Gasteiger partial charge in [0.15, 0.2) is 0 Å². The Bertz CT molecular complexity index is 510. The van der Waals surface area contributed by atoms with Crippen molar-refractivity contribution in [1.82, 2.24) is 4.57 Å². The number of imidazole rings is 1. The lowest BCUT2D eigenvalue weighted by Crippen LogP contribution is -2.42. The molecule has 156 valence electrons. The van der Waals surface area contributed by atoms with Crippen LogP contribution in [0.4, 0.5) is 0 Å². The lowest BCUT2D eigenvalue weighted by atomic mass is 10.1. The molecule has 1 rings (SSSR count). The molecule has 4 nitrogen and oxygen atoms in total. The number of hydrogen-bond donors (Lipinski definition) is 1. The van der Waals surface area contributed by atoms with Gasteiger partial charge in [0.05, 0.1) is 12.5 Å². The Kier molecular flexibility index (Phi) is 12.9. The predicted molar refractivity (Wildman–Crippen MR) is 112 cm³/mol. The molecule has 1 heterocycles. The molecule has 0 aromatic carbocycles. The summed E-state index contributed by atoms with van der Waals surface area (Å²) in [6.07, 6.45) is 21.1. The van der Waals surface area contributed by atoms with Gasteiger partial charge in [-0.2, -0.15) is 0 Å². The standard InChI is InChI=1S/C23H42N2O2/c1-4-6-8-9-10-11-12-13-14-15-16-22-24(17-7-5-2)18-19-25(22)20-21(3)23(26)27/h18-19,21H,4-17,20H2,1-3H3/p+1. The third-order valence-electron chi connectivity index (χ3n) is 5.49. The lowest BCUT2D eigenvalue weighted by Gasteiger charge is -2.08. The number of carbonyl (C=O) groups is 1. The van der Waals surface area contributed by atoms with Gasteiger partial charge in [-0.15, -0.1) is 0 Å². The van der Waals surface area contributed by atoms with E-state index in [0.717, 1.165) is 13.0 Å². The van der Waals surface area contributed by atoms with Crippen LogP contribution >= 0.6 is 0 Å². The van der Waals surface area contributed by atoms with Crippen molar-refractivity contribution in [2.24, 2.45) is 5.92 Å². The maximum absolute atomic E-state index is 11.2. The van der Waals surface area contributed by atoms with E-state index in [9.17, 15) is 9.90 Å². The van der Waals surface area contributed by atoms with E-state index in [1.165, 1.54) is 82.9 Å². The number of aryl methyl sites for hydroxylation is 1. The zero-order valence-corrected chi connectivity index (χ0v) is 18.1. The quantitative estimate of drug-likeness (QED) is 0.276. The van der Waals surface area contributed by atoms with Crippen LogP contribution in [0.25, 0.3) is 0 Å². The fraction of sp³-hybridized carbons (Fsp3) is 0.826. The molecule has 0 aliphatic carbocycles. The van der Waals surface area contributed by atoms with Crippen molar-refractivity contribution in [3.05, 3.63) is 18.2 Å². The smallest absolute Gasteiger partial charge is 0.310 e. The Hall–Kier alpha value is -1.32. The highest BCUT2D eigenvalue weighted by atomic mass is 16.4. The van der Waals surface area contributed by atoms with Crippen molar-refractivity contribution >= 4 is 5.97 Å². The van der Waals surface area contributed by atoms with Gasteiger partial charge in [0, 0.05) is 6.42 Å². The Labute approximate surface area is 167 Å². The molecule has 0 spiro atoms. The van der Waals surface area contributed by atoms with Gasteiger partial charge >= 0.3 is 5.97 Å². The Morgan fingerprint density at radius 3 is 2.07 bits per heavy atom. The largest absolute Gasteiger partial charge is 0.481 e. The molecule has 1 unspecified atom stereocenters. The number of carboxylic acids is 1. The second-order valence-corrected chi connectivity index (χ2v) is 8.08. The van der Waals surface area contributed by atoms with Gasteiger partial charge in [-0.3, -0.25) is 4.79 Å². The summed E-state index contributed by atoms with van der Waals surface area (Å²) in [4.78, 5) is 11.2. The monoisotopic (exact) mass is 379 g/mol. The van der Waals surface area contributed by atoms with Gasteiger partial charge in [-0.25, -0.2) is 9.13 Å². The molecule has 27 heavy (non-hydrogen) atoms. The third-order valence-corrected chi connectivity index (χ3v) is 5.49. The number of aliphatic carboxylic acids is 1. The van der Waals surface area contributed by atoms with E-state index >= 15 is 0 Å². The summed E-state index contributed by atoms with van der Waals surface area (Å²) in [5.41, 5.74) is 0. The second-order valence-electron chi connectivity index (χ2n) is 8.08. The van der Waals surface area contributed by atoms with E-state index < -0.39 is 5.97 Å². The van der Waals surface area contributed by atoms with Crippen molar-refractivity contribution in [3.8, 4) is 0 Å². The first-order chi connectivity index (χ1) is 13.1. The molecule has 1 aromatic heterocycles. The summed E-state index contributed by atoms with van der Waals surface area (Å²) in [6.45, 7) is 7.89. The predicted octanol–water partition coefficient (Wildman–Crippen LogP) is 5.76. The molecule has 4 heteroatoms. The van der Waals surface area contributed by atoms with Gasteiger partial charge in [0.25, 0.3) is 5.82 Å². The minimum atomic E-state index is -0.714. The molecule has 0 aliphatic heterocycles. The molecule has 0 bridgehead atoms. The van der Waals surface area contributed by atoms with E-state index in [4.69, 9.17) is 0 Å². The summed E-state index contributed by atoms with van der Waals surface area (Å²) in [7, 11) is 0. The Balaban J connectivity index is 2.38. The maximum Gasteiger partial charge on any atom is 0.310 e. The van der Waals surface area contributed by atoms with Gasteiger partial charge in [-0.1, -0.05) is 78.1 Å². The van der Waals surface area contributed by atoms with Crippen LogP contribution in [0.15, 0.2) is 12.4 Å². The summed E-state index contributed by atoms with van der Waals surface area (Å²) >= 11 is 0. The molecular formula is C23H43N2O2+. The van der Waals surface area contributed by atoms with Crippen molar-refractivity contribution in [2.45, 2.75) is 117 Å². The molecule has 1 aromatic rings. The van der Waals surface area contributed by atoms with Gasteiger partial charge in [0.1, 0.15) is 18.9 Å². The fourth-order valence-corrected chi connectivity index (χ4v) is 3.63. The zero-order valence-electron chi connectivity index (χ0n) is 18.1. The average molecular weight is 380 g/mol. The molecule has 1 atom stereocenters. The molecule has 1 N–H and O–H groups in total. The van der Waals surface area contributed by atoms with Crippen LogP contribution < -0.4 is 4.57 Å². The van der Waals surface area contributed by atoms with E-state index in [1.807, 2.05) is 0 Å². The average Bonchev–Trinajstić information content (AvgIpc) is 3.02. The van der Waals surface area contributed by atoms with Crippen molar-refractivity contribution in [1.29, 1.82) is 0 Å². The molecular weight excluding hydrogens is 336 g/mol. The number of nitrogens with zero attached hydrogens (tertiary/aromatic N) is 2. The van der Waals surface area contributed by atoms with Gasteiger partial charge in [-0.05, 0) is 19.8 Å². The fourth-order valence-electron chi connectivity index (χ4n) is 3.63. The highest BCUT2D eigenvalue weighted by Crippen LogP contribution is 2.12. The van der Waals surface area contributed by atoms with E-state index in [0.29, 0.717) is 6.54 Å². The van der Waals surface area contributed by atoms with Crippen LogP contribution in [0, 0.1) is 5.92 Å². The SMILES string of the molecule is CCCCCCCCCCCCc1n(CCCC)cc[n+]1CC(C)C(=O)O. The van der Waals surface area contributed by atoms with Crippen LogP contribution in [-0.4, -0.2) is 15.6 Å². The molecule has 0 aliphatic rings. The number of unbranched alkanes of at least 4 members (excludes halogenated alkanes) is 10. The summed E-state index contributed by atoms with van der Waals surface area (Å²) in [5, 5.41) is 9.23. The second kappa shape index (κ2) is 14.7. The van der Waals surface area contributed by atoms with E-state index in [2.05, 4.69) is 35.4 Å². The lowest BCUT2D eigenvalue weighted by molar-refractivity contribution is -0.707. The topological polar surface area (TPSA) is 46.1 Å². The van der Waals surface area contributed by atoms with E-state index in [1.54, 1.807) is 6.92 Å². The van der Waals surface area contributed by atoms with Crippen LogP contribution in [0.2, 0.25) is 0 Å². The van der Waals surface area contributed by atoms with Gasteiger partial charge < -0.3 is 5.11 Å². The number of hydrogen-bond acceptors (Lipinski definition) is 1. The summed E-state index contributed by atoms with van der Waals surface area (Å²) < 4.78 is 4.51. The highest BCUT2D eigenvalue weighted by Gasteiger charge is 2.21. The summed E-state index contributed by atoms with van der Waals surface area (Å²) in [5.74, 6) is 0.244. The van der Waals surface area contributed by atoms with Crippen LogP contribution in [0.3, 0.4) is 0 Å². The Morgan fingerprint density at radius 2 is 1.52 bits per heavy atom. The molecule has 0 amide bonds. The minimum absolute atomic E-state index is 0.344. The van der Waals surface area contributed by atoms with Crippen LogP contribution in [0.1, 0.15) is 104 Å². The first-order valence-corrected chi connectivity index (χ1v) is 11.4. The number of aromatic nitrogens is 2. The maximum atomic E-state index is 11.2. The molecule has 0 saturated carbocycles. The van der Waals surface area contributed by atoms with E-state index in [-0.39, 0.29) is 5.92 Å². The van der Waals surface area contributed by atoms with Crippen molar-refractivity contribution in [2.75, 3.05) is 0 Å². The normalized spacial score (nSPS) is 12.4. The first-order valence-electron chi connectivity index (χ1n) is 11.4. The highest BCUT2D eigenvalue weighted by molar-refractivity contribution is 5.69. The van der Waals surface area contributed by atoms with Crippen molar-refractivity contribution in [3.63, 3.8) is 0 Å². The van der Waals surface area contributed by atoms with Crippen molar-refractivity contribution < 1.29 is 14.5 Å². The van der Waals surface area contributed by atoms with Crippen LogP contribution in [-0.2, 0) is 24.3 Å². The van der Waals surface area contributed by atoms with Gasteiger partial charge in [0.2, 0.25) is 0 Å². The molecule has 0 radical (unpaired) electrons. The molecule has 0 fully saturated rings. The Morgan fingerprint density at radius 1 is 0.963 bits per heavy atom. The summed E-state index contributed by atoms with van der Waals surface area (Å²) in [6, 6.07) is 0. The zero-order chi connectivity index (χ0) is 19.9. The molecule has 0 saturated heterocycles. The third kappa shape index (κ3) is 9.97. The number of rotatable bonds is 17.